The van der Waals surface area contributed by atoms with Crippen LogP contribution in [0.15, 0.2) is 48.5 Å². The Bertz CT molecular complexity index is 696. The molecule has 2 aromatic rings. The fourth-order valence-corrected chi connectivity index (χ4v) is 3.26. The summed E-state index contributed by atoms with van der Waals surface area (Å²) in [6.45, 7) is 2.10. The van der Waals surface area contributed by atoms with Crippen LogP contribution in [0.1, 0.15) is 35.6 Å². The van der Waals surface area contributed by atoms with Gasteiger partial charge >= 0.3 is 0 Å². The summed E-state index contributed by atoms with van der Waals surface area (Å²) >= 11 is 0. The van der Waals surface area contributed by atoms with E-state index >= 15 is 0 Å². The molecular formula is C20H23NO2. The molecule has 0 N–H and O–H groups in total. The molecule has 0 aliphatic heterocycles. The van der Waals surface area contributed by atoms with Crippen LogP contribution in [0.2, 0.25) is 0 Å². The van der Waals surface area contributed by atoms with Crippen molar-refractivity contribution in [1.82, 2.24) is 4.90 Å². The third kappa shape index (κ3) is 3.55. The van der Waals surface area contributed by atoms with Gasteiger partial charge in [-0.05, 0) is 55.0 Å². The van der Waals surface area contributed by atoms with Crippen LogP contribution in [-0.2, 0) is 11.2 Å². The van der Waals surface area contributed by atoms with Crippen LogP contribution in [0.4, 0.5) is 0 Å². The summed E-state index contributed by atoms with van der Waals surface area (Å²) in [5.41, 5.74) is 3.78. The molecule has 120 valence electrons. The van der Waals surface area contributed by atoms with Gasteiger partial charge in [0.15, 0.2) is 6.61 Å². The number of benzene rings is 2. The third-order valence-corrected chi connectivity index (χ3v) is 4.55. The van der Waals surface area contributed by atoms with E-state index in [0.717, 1.165) is 30.6 Å². The molecule has 0 aromatic heterocycles. The molecule has 1 aliphatic carbocycles. The number of carbonyl (C=O) groups is 1. The fourth-order valence-electron chi connectivity index (χ4n) is 3.26. The molecule has 0 spiro atoms. The van der Waals surface area contributed by atoms with Crippen LogP contribution in [0.5, 0.6) is 5.75 Å². The van der Waals surface area contributed by atoms with Gasteiger partial charge in [-0.15, -0.1) is 0 Å². The maximum atomic E-state index is 12.5. The highest BCUT2D eigenvalue weighted by Gasteiger charge is 2.26. The van der Waals surface area contributed by atoms with Crippen molar-refractivity contribution in [2.75, 3.05) is 13.7 Å². The van der Waals surface area contributed by atoms with E-state index in [1.54, 1.807) is 0 Å². The molecule has 1 atom stereocenters. The van der Waals surface area contributed by atoms with Gasteiger partial charge in [0.25, 0.3) is 5.91 Å². The average Bonchev–Trinajstić information content (AvgIpc) is 2.58. The number of likely N-dealkylation sites (N-methyl/N-ethyl adjacent to an activating group) is 1. The van der Waals surface area contributed by atoms with Crippen molar-refractivity contribution in [3.8, 4) is 5.75 Å². The Labute approximate surface area is 137 Å². The maximum Gasteiger partial charge on any atom is 0.260 e. The van der Waals surface area contributed by atoms with Crippen LogP contribution in [-0.4, -0.2) is 24.5 Å². The second kappa shape index (κ2) is 6.86. The monoisotopic (exact) mass is 309 g/mol. The first-order valence-corrected chi connectivity index (χ1v) is 8.18. The molecule has 3 rings (SSSR count). The highest BCUT2D eigenvalue weighted by Crippen LogP contribution is 2.33. The molecular weight excluding hydrogens is 286 g/mol. The zero-order valence-corrected chi connectivity index (χ0v) is 13.8. The Hall–Kier alpha value is -2.29. The number of ether oxygens (including phenoxy) is 1. The number of carbonyl (C=O) groups excluding carboxylic acids is 1. The zero-order valence-electron chi connectivity index (χ0n) is 13.8. The van der Waals surface area contributed by atoms with E-state index in [9.17, 15) is 4.79 Å². The predicted molar refractivity (Wildman–Crippen MR) is 91.6 cm³/mol. The lowest BCUT2D eigenvalue weighted by atomic mass is 9.87. The summed E-state index contributed by atoms with van der Waals surface area (Å²) in [6.07, 6.45) is 3.25. The molecule has 23 heavy (non-hydrogen) atoms. The minimum absolute atomic E-state index is 0.0215. The highest BCUT2D eigenvalue weighted by atomic mass is 16.5. The number of aryl methyl sites for hydroxylation is 2. The lowest BCUT2D eigenvalue weighted by Gasteiger charge is -2.33. The molecule has 0 saturated carbocycles. The molecule has 0 fully saturated rings. The minimum atomic E-state index is 0.0215. The van der Waals surface area contributed by atoms with Gasteiger partial charge in [-0.25, -0.2) is 0 Å². The van der Waals surface area contributed by atoms with Gasteiger partial charge in [0, 0.05) is 7.05 Å². The summed E-state index contributed by atoms with van der Waals surface area (Å²) in [5.74, 6) is 0.768. The van der Waals surface area contributed by atoms with E-state index in [1.165, 1.54) is 11.1 Å². The van der Waals surface area contributed by atoms with Gasteiger partial charge < -0.3 is 9.64 Å². The standard InChI is InChI=1S/C20H23NO2/c1-15-7-5-10-17(13-15)23-14-20(22)21(2)19-12-6-9-16-8-3-4-11-18(16)19/h3-5,7-8,10-11,13,19H,6,9,12,14H2,1-2H3. The maximum absolute atomic E-state index is 12.5. The van der Waals surface area contributed by atoms with E-state index in [1.807, 2.05) is 43.1 Å². The highest BCUT2D eigenvalue weighted by molar-refractivity contribution is 5.78. The largest absolute Gasteiger partial charge is 0.484 e. The number of rotatable bonds is 4. The Morgan fingerprint density at radius 1 is 1.22 bits per heavy atom. The van der Waals surface area contributed by atoms with Gasteiger partial charge in [-0.1, -0.05) is 36.4 Å². The number of hydrogen-bond donors (Lipinski definition) is 0. The topological polar surface area (TPSA) is 29.5 Å². The van der Waals surface area contributed by atoms with Gasteiger partial charge in [-0.2, -0.15) is 0 Å². The number of fused-ring (bicyclic) bond motifs is 1. The average molecular weight is 309 g/mol. The normalized spacial score (nSPS) is 16.5. The summed E-state index contributed by atoms with van der Waals surface area (Å²) in [4.78, 5) is 14.4. The lowest BCUT2D eigenvalue weighted by Crippen LogP contribution is -2.36. The van der Waals surface area contributed by atoms with Crippen molar-refractivity contribution in [3.63, 3.8) is 0 Å². The Balaban J connectivity index is 1.66. The summed E-state index contributed by atoms with van der Waals surface area (Å²) < 4.78 is 5.66. The number of amides is 1. The summed E-state index contributed by atoms with van der Waals surface area (Å²) in [7, 11) is 1.88. The lowest BCUT2D eigenvalue weighted by molar-refractivity contribution is -0.134. The molecule has 0 radical (unpaired) electrons. The molecule has 0 saturated heterocycles. The second-order valence-electron chi connectivity index (χ2n) is 6.22. The van der Waals surface area contributed by atoms with Gasteiger partial charge in [0.1, 0.15) is 5.75 Å². The van der Waals surface area contributed by atoms with Crippen molar-refractivity contribution in [1.29, 1.82) is 0 Å². The van der Waals surface area contributed by atoms with Crippen molar-refractivity contribution >= 4 is 5.91 Å². The van der Waals surface area contributed by atoms with Crippen molar-refractivity contribution in [3.05, 3.63) is 65.2 Å². The first-order chi connectivity index (χ1) is 11.1. The summed E-state index contributed by atoms with van der Waals surface area (Å²) in [5, 5.41) is 0. The van der Waals surface area contributed by atoms with Crippen LogP contribution >= 0.6 is 0 Å². The molecule has 0 bridgehead atoms. The molecule has 1 amide bonds. The van der Waals surface area contributed by atoms with E-state index in [4.69, 9.17) is 4.74 Å². The molecule has 3 heteroatoms. The van der Waals surface area contributed by atoms with Crippen LogP contribution < -0.4 is 4.74 Å². The van der Waals surface area contributed by atoms with Gasteiger partial charge in [0.05, 0.1) is 6.04 Å². The first kappa shape index (κ1) is 15.6. The first-order valence-electron chi connectivity index (χ1n) is 8.18. The quantitative estimate of drug-likeness (QED) is 0.857. The van der Waals surface area contributed by atoms with Crippen molar-refractivity contribution in [2.45, 2.75) is 32.2 Å². The molecule has 2 aromatic carbocycles. The zero-order chi connectivity index (χ0) is 16.2. The molecule has 1 aliphatic rings. The van der Waals surface area contributed by atoms with Crippen molar-refractivity contribution in [2.24, 2.45) is 0 Å². The predicted octanol–water partition coefficient (Wildman–Crippen LogP) is 3.91. The molecule has 1 unspecified atom stereocenters. The second-order valence-corrected chi connectivity index (χ2v) is 6.22. The van der Waals surface area contributed by atoms with Crippen LogP contribution in [0, 0.1) is 6.92 Å². The van der Waals surface area contributed by atoms with E-state index in [0.29, 0.717) is 0 Å². The fraction of sp³-hybridized carbons (Fsp3) is 0.350. The Kier molecular flexibility index (Phi) is 4.65. The van der Waals surface area contributed by atoms with E-state index in [-0.39, 0.29) is 18.6 Å². The molecule has 3 nitrogen and oxygen atoms in total. The SMILES string of the molecule is Cc1cccc(OCC(=O)N(C)C2CCCc3ccccc32)c1. The van der Waals surface area contributed by atoms with Crippen molar-refractivity contribution < 1.29 is 9.53 Å². The Morgan fingerprint density at radius 3 is 2.87 bits per heavy atom. The van der Waals surface area contributed by atoms with Crippen LogP contribution in [0.3, 0.4) is 0 Å². The third-order valence-electron chi connectivity index (χ3n) is 4.55. The van der Waals surface area contributed by atoms with E-state index in [2.05, 4.69) is 24.3 Å². The van der Waals surface area contributed by atoms with Gasteiger partial charge in [0.2, 0.25) is 0 Å². The Morgan fingerprint density at radius 2 is 2.04 bits per heavy atom. The van der Waals surface area contributed by atoms with E-state index < -0.39 is 0 Å². The summed E-state index contributed by atoms with van der Waals surface area (Å²) in [6, 6.07) is 16.4. The minimum Gasteiger partial charge on any atom is -0.484 e. The number of hydrogen-bond acceptors (Lipinski definition) is 2. The van der Waals surface area contributed by atoms with Crippen LogP contribution in [0.25, 0.3) is 0 Å². The van der Waals surface area contributed by atoms with Gasteiger partial charge in [-0.3, -0.25) is 4.79 Å². The molecule has 0 heterocycles. The smallest absolute Gasteiger partial charge is 0.260 e. The number of nitrogens with zero attached hydrogens (tertiary/aromatic N) is 1.